The fourth-order valence-electron chi connectivity index (χ4n) is 9.41. The number of hydrogen-bond acceptors (Lipinski definition) is 12. The van der Waals surface area contributed by atoms with Crippen LogP contribution >= 0.6 is 0 Å². The average molecular weight is 893 g/mol. The third-order valence-electron chi connectivity index (χ3n) is 12.6. The first-order valence-corrected chi connectivity index (χ1v) is 22.2. The maximum absolute atomic E-state index is 9.58. The molecule has 4 heterocycles. The Bertz CT molecular complexity index is 2730. The Morgan fingerprint density at radius 3 is 1.66 bits per heavy atom. The van der Waals surface area contributed by atoms with Crippen molar-refractivity contribution in [1.82, 2.24) is 0 Å². The lowest BCUT2D eigenvalue weighted by molar-refractivity contribution is -0.431. The topological polar surface area (TPSA) is 111 Å². The number of rotatable bonds is 14. The van der Waals surface area contributed by atoms with E-state index in [0.717, 1.165) is 31.2 Å². The molecule has 10 rings (SSSR count). The number of benzene rings is 4. The molecule has 2 spiro atoms. The van der Waals surface area contributed by atoms with Crippen LogP contribution in [0.4, 0.5) is 0 Å². The summed E-state index contributed by atoms with van der Waals surface area (Å²) in [5.41, 5.74) is -1.07. The van der Waals surface area contributed by atoms with E-state index in [1.807, 2.05) is 30.3 Å². The second-order valence-corrected chi connectivity index (χ2v) is 16.8. The second-order valence-electron chi connectivity index (χ2n) is 16.8. The molecule has 4 aliphatic heterocycles. The van der Waals surface area contributed by atoms with Gasteiger partial charge in [0.25, 0.3) is 0 Å². The molecule has 0 unspecified atom stereocenters. The Morgan fingerprint density at radius 2 is 1.08 bits per heavy atom. The molecule has 64 heavy (non-hydrogen) atoms. The summed E-state index contributed by atoms with van der Waals surface area (Å²) in [5.74, 6) is -1.47. The van der Waals surface area contributed by atoms with Gasteiger partial charge in [-0.2, -0.15) is 0 Å². The monoisotopic (exact) mass is 893 g/mol. The summed E-state index contributed by atoms with van der Waals surface area (Å²) in [4.78, 5) is 0. The minimum Gasteiger partial charge on any atom is -0.497 e. The van der Waals surface area contributed by atoms with E-state index in [1.54, 1.807) is 24.3 Å². The van der Waals surface area contributed by atoms with Crippen LogP contribution < -0.4 is 9.47 Å². The first-order chi connectivity index (χ1) is 37.1. The minimum atomic E-state index is -3.38. The lowest BCUT2D eigenvalue weighted by Gasteiger charge is -2.56. The Kier molecular flexibility index (Phi) is 9.64. The summed E-state index contributed by atoms with van der Waals surface area (Å²) in [6.45, 7) is -6.94. The van der Waals surface area contributed by atoms with Crippen LogP contribution in [0.1, 0.15) is 100 Å². The first-order valence-electron chi connectivity index (χ1n) is 29.2. The zero-order valence-electron chi connectivity index (χ0n) is 49.6. The van der Waals surface area contributed by atoms with Gasteiger partial charge < -0.3 is 56.8 Å². The molecule has 4 saturated heterocycles. The predicted octanol–water partition coefficient (Wildman–Crippen LogP) is 8.82. The Morgan fingerprint density at radius 1 is 0.562 bits per heavy atom. The molecule has 12 nitrogen and oxygen atoms in total. The quantitative estimate of drug-likeness (QED) is 0.121. The molecular formula is C52H62O12. The van der Waals surface area contributed by atoms with Crippen molar-refractivity contribution >= 4 is 0 Å². The summed E-state index contributed by atoms with van der Waals surface area (Å²) in [7, 11) is 1.53. The molecule has 2 aliphatic carbocycles. The maximum atomic E-state index is 9.58. The summed E-state index contributed by atoms with van der Waals surface area (Å²) in [6, 6.07) is 7.21. The molecule has 6 fully saturated rings. The molecule has 0 bridgehead atoms. The third-order valence-corrected chi connectivity index (χ3v) is 12.6. The maximum Gasteiger partial charge on any atom is 0.229 e. The van der Waals surface area contributed by atoms with Crippen molar-refractivity contribution < 1.29 is 76.0 Å². The highest BCUT2D eigenvalue weighted by molar-refractivity contribution is 5.31. The van der Waals surface area contributed by atoms with Crippen LogP contribution in [0.15, 0.2) is 115 Å². The molecule has 12 heteroatoms. The molecule has 0 radical (unpaired) electrons. The van der Waals surface area contributed by atoms with Crippen molar-refractivity contribution in [2.45, 2.75) is 157 Å². The summed E-state index contributed by atoms with van der Waals surface area (Å²) in [5, 5.41) is 0. The minimum absolute atomic E-state index is 0.000275. The van der Waals surface area contributed by atoms with Crippen LogP contribution in [0.5, 0.6) is 11.5 Å². The lowest BCUT2D eigenvalue weighted by atomic mass is 9.89. The van der Waals surface area contributed by atoms with Gasteiger partial charge in [-0.15, -0.1) is 0 Å². The molecule has 10 atom stereocenters. The summed E-state index contributed by atoms with van der Waals surface area (Å²) in [6.07, 6.45) is -7.96. The highest BCUT2D eigenvalue weighted by Gasteiger charge is 2.60. The lowest BCUT2D eigenvalue weighted by Crippen LogP contribution is -2.70. The zero-order chi connectivity index (χ0) is 55.5. The van der Waals surface area contributed by atoms with E-state index in [2.05, 4.69) is 0 Å². The smallest absolute Gasteiger partial charge is 0.229 e. The fraction of sp³-hybridized carbons (Fsp3) is 0.538. The van der Waals surface area contributed by atoms with Crippen LogP contribution in [-0.4, -0.2) is 93.3 Å². The van der Waals surface area contributed by atoms with Gasteiger partial charge >= 0.3 is 0 Å². The Balaban J connectivity index is 1.14. The molecule has 0 aromatic heterocycles. The van der Waals surface area contributed by atoms with Crippen molar-refractivity contribution in [3.05, 3.63) is 132 Å². The molecular weight excluding hydrogens is 817 g/mol. The highest BCUT2D eigenvalue weighted by Crippen LogP contribution is 2.46. The van der Waals surface area contributed by atoms with Gasteiger partial charge in [0.15, 0.2) is 17.9 Å². The predicted molar refractivity (Wildman–Crippen MR) is 234 cm³/mol. The van der Waals surface area contributed by atoms with E-state index in [9.17, 15) is 5.48 Å². The zero-order valence-corrected chi connectivity index (χ0v) is 35.6. The van der Waals surface area contributed by atoms with Gasteiger partial charge in [0, 0.05) is 25.7 Å². The van der Waals surface area contributed by atoms with Crippen LogP contribution in [0.2, 0.25) is 0 Å². The van der Waals surface area contributed by atoms with Gasteiger partial charge in [-0.3, -0.25) is 0 Å². The van der Waals surface area contributed by atoms with Gasteiger partial charge in [0.1, 0.15) is 60.3 Å². The van der Waals surface area contributed by atoms with E-state index in [-0.39, 0.29) is 19.8 Å². The van der Waals surface area contributed by atoms with Crippen molar-refractivity contribution in [3.8, 4) is 11.5 Å². The Labute approximate surface area is 396 Å². The largest absolute Gasteiger partial charge is 0.497 e. The van der Waals surface area contributed by atoms with E-state index in [0.29, 0.717) is 50.0 Å². The summed E-state index contributed by atoms with van der Waals surface area (Å²) < 4.78 is 204. The van der Waals surface area contributed by atoms with E-state index < -0.39 is 158 Å². The number of methoxy groups -OCH3 is 1. The van der Waals surface area contributed by atoms with Gasteiger partial charge in [-0.05, 0) is 66.6 Å². The summed E-state index contributed by atoms with van der Waals surface area (Å²) >= 11 is 0. The standard InChI is InChI=1S/C52H62O12/c1-53-39-23-25-40(26-24-39)59-49-48(56-33-38-21-11-4-12-22-38)46(44-42(60-49)35-58-52(64-44)29-15-6-16-30-52)62-50-47(55-32-37-19-9-3-10-20-37)45(54-31-36-17-7-2-8-18-36)43-41(61-50)34-57-51(63-43)27-13-5-14-28-51/h2-4,7-12,17-26,41-50H,5-6,13-16,27-35H2,1H3/t41-,42-,43-,44-,45+,46+,47-,48-,49-,50-/m1/s1/i2D,3D,7D,8D,9D,10D,17D,18D,19D,20D,31D2,32D2. The molecule has 6 aliphatic rings. The van der Waals surface area contributed by atoms with Crippen molar-refractivity contribution in [1.29, 1.82) is 0 Å². The van der Waals surface area contributed by atoms with Gasteiger partial charge in [0.05, 0.1) is 59.2 Å². The number of hydrogen-bond donors (Lipinski definition) is 0. The van der Waals surface area contributed by atoms with E-state index >= 15 is 0 Å². The van der Waals surface area contributed by atoms with Crippen molar-refractivity contribution in [2.75, 3.05) is 20.3 Å². The van der Waals surface area contributed by atoms with Gasteiger partial charge in [-0.25, -0.2) is 0 Å². The molecule has 0 amide bonds. The van der Waals surface area contributed by atoms with Crippen LogP contribution in [0.3, 0.4) is 0 Å². The van der Waals surface area contributed by atoms with Crippen LogP contribution in [-0.2, 0) is 67.1 Å². The molecule has 0 N–H and O–H groups in total. The normalized spacial score (nSPS) is 35.6. The van der Waals surface area contributed by atoms with Crippen molar-refractivity contribution in [3.63, 3.8) is 0 Å². The number of ether oxygens (including phenoxy) is 12. The Hall–Kier alpha value is -3.92. The van der Waals surface area contributed by atoms with Crippen LogP contribution in [0.25, 0.3) is 0 Å². The SMILES string of the molecule is [2H]c1c([2H])c([2H])c(C([2H])([2H])O[C@@H]2[C@@H](OC([2H])([2H])c3c([2H])c([2H])c([2H])c([2H])c3[2H])[C@@H](O[C@@H]3[C@@H](OCc4ccccc4)[C@H](Oc4ccc(OC)cc4)O[C@@H]4COC5(CCCCC5)O[C@@H]34)O[C@@H]3COC4(CCCCC4)O[C@@H]23)c([2H])c1[2H]. The molecule has 342 valence electrons. The third kappa shape index (κ3) is 10.1. The van der Waals surface area contributed by atoms with Gasteiger partial charge in [-0.1, -0.05) is 104 Å². The van der Waals surface area contributed by atoms with Gasteiger partial charge in [0.2, 0.25) is 6.29 Å². The molecule has 4 aromatic rings. The van der Waals surface area contributed by atoms with E-state index in [1.165, 1.54) is 7.11 Å². The first kappa shape index (κ1) is 30.4. The fourth-order valence-corrected chi connectivity index (χ4v) is 9.41. The van der Waals surface area contributed by atoms with Crippen LogP contribution in [0, 0.1) is 0 Å². The van der Waals surface area contributed by atoms with E-state index in [4.69, 9.17) is 70.5 Å². The average Bonchev–Trinajstić information content (AvgIpc) is 3.62. The highest BCUT2D eigenvalue weighted by atomic mass is 16.8. The van der Waals surface area contributed by atoms with Crippen molar-refractivity contribution in [2.24, 2.45) is 0 Å². The molecule has 4 aromatic carbocycles. The number of fused-ring (bicyclic) bond motifs is 2. The molecule has 2 saturated carbocycles. The second kappa shape index (κ2) is 20.3.